The van der Waals surface area contributed by atoms with Crippen molar-refractivity contribution in [3.63, 3.8) is 0 Å². The van der Waals surface area contributed by atoms with Crippen LogP contribution in [0.5, 0.6) is 0 Å². The zero-order valence-corrected chi connectivity index (χ0v) is 11.8. The number of halogens is 2. The lowest BCUT2D eigenvalue weighted by molar-refractivity contribution is 0.0705. The van der Waals surface area contributed by atoms with Gasteiger partial charge in [0.2, 0.25) is 0 Å². The van der Waals surface area contributed by atoms with E-state index in [9.17, 15) is 9.18 Å². The predicted molar refractivity (Wildman–Crippen MR) is 72.2 cm³/mol. The zero-order chi connectivity index (χ0) is 14.1. The molecule has 2 aliphatic rings. The van der Waals surface area contributed by atoms with E-state index in [1.165, 1.54) is 0 Å². The molecule has 4 nitrogen and oxygen atoms in total. The summed E-state index contributed by atoms with van der Waals surface area (Å²) in [5, 5.41) is 0.0599. The summed E-state index contributed by atoms with van der Waals surface area (Å²) in [6.07, 6.45) is 3.98. The lowest BCUT2D eigenvalue weighted by Gasteiger charge is -2.25. The minimum Gasteiger partial charge on any atom is -0.381 e. The molecular formula is C14H16ClFN2O2. The number of ether oxygens (including phenoxy) is 1. The first kappa shape index (κ1) is 13.8. The zero-order valence-electron chi connectivity index (χ0n) is 11.0. The van der Waals surface area contributed by atoms with E-state index in [-0.39, 0.29) is 22.7 Å². The van der Waals surface area contributed by atoms with Gasteiger partial charge < -0.3 is 9.64 Å². The summed E-state index contributed by atoms with van der Waals surface area (Å²) in [6.45, 7) is 2.08. The third-order valence-electron chi connectivity index (χ3n) is 3.76. The SMILES string of the molecule is O=C(c1cc(F)cnc1Cl)N(CC1CCOC1)C1CC1. The number of carbonyl (C=O) groups excluding carboxylic acids is 1. The molecule has 1 aliphatic carbocycles. The Morgan fingerprint density at radius 2 is 2.30 bits per heavy atom. The van der Waals surface area contributed by atoms with Crippen LogP contribution in [0.4, 0.5) is 4.39 Å². The van der Waals surface area contributed by atoms with Crippen LogP contribution in [0.25, 0.3) is 0 Å². The molecule has 2 heterocycles. The maximum atomic E-state index is 13.3. The van der Waals surface area contributed by atoms with Crippen molar-refractivity contribution in [2.45, 2.75) is 25.3 Å². The predicted octanol–water partition coefficient (Wildman–Crippen LogP) is 2.52. The number of amides is 1. The molecule has 108 valence electrons. The van der Waals surface area contributed by atoms with Gasteiger partial charge in [-0.1, -0.05) is 11.6 Å². The Morgan fingerprint density at radius 1 is 1.50 bits per heavy atom. The van der Waals surface area contributed by atoms with Crippen LogP contribution < -0.4 is 0 Å². The third-order valence-corrected chi connectivity index (χ3v) is 4.06. The van der Waals surface area contributed by atoms with Crippen LogP contribution in [0.3, 0.4) is 0 Å². The Morgan fingerprint density at radius 3 is 2.95 bits per heavy atom. The molecule has 0 aromatic carbocycles. The molecule has 1 saturated carbocycles. The molecule has 1 aromatic heterocycles. The molecule has 2 fully saturated rings. The van der Waals surface area contributed by atoms with Gasteiger partial charge in [0.05, 0.1) is 18.4 Å². The van der Waals surface area contributed by atoms with Crippen molar-refractivity contribution in [1.82, 2.24) is 9.88 Å². The number of hydrogen-bond donors (Lipinski definition) is 0. The maximum Gasteiger partial charge on any atom is 0.257 e. The number of aromatic nitrogens is 1. The molecular weight excluding hydrogens is 283 g/mol. The van der Waals surface area contributed by atoms with Crippen LogP contribution in [-0.4, -0.2) is 41.6 Å². The van der Waals surface area contributed by atoms with E-state index >= 15 is 0 Å². The van der Waals surface area contributed by atoms with Gasteiger partial charge in [0.1, 0.15) is 11.0 Å². The summed E-state index contributed by atoms with van der Waals surface area (Å²) >= 11 is 5.93. The van der Waals surface area contributed by atoms with Gasteiger partial charge in [-0.05, 0) is 25.3 Å². The highest BCUT2D eigenvalue weighted by Crippen LogP contribution is 2.31. The lowest BCUT2D eigenvalue weighted by Crippen LogP contribution is -2.37. The Labute approximate surface area is 121 Å². The van der Waals surface area contributed by atoms with Crippen molar-refractivity contribution in [3.05, 3.63) is 28.8 Å². The molecule has 1 unspecified atom stereocenters. The molecule has 0 radical (unpaired) electrons. The van der Waals surface area contributed by atoms with Gasteiger partial charge in [-0.3, -0.25) is 4.79 Å². The van der Waals surface area contributed by atoms with E-state index in [2.05, 4.69) is 4.98 Å². The summed E-state index contributed by atoms with van der Waals surface area (Å²) < 4.78 is 18.6. The fraction of sp³-hybridized carbons (Fsp3) is 0.571. The number of nitrogens with zero attached hydrogens (tertiary/aromatic N) is 2. The molecule has 1 aromatic rings. The quantitative estimate of drug-likeness (QED) is 0.802. The molecule has 3 rings (SSSR count). The maximum absolute atomic E-state index is 13.3. The summed E-state index contributed by atoms with van der Waals surface area (Å²) in [5.74, 6) is -0.408. The van der Waals surface area contributed by atoms with Crippen LogP contribution in [0.2, 0.25) is 5.15 Å². The van der Waals surface area contributed by atoms with E-state index in [1.807, 2.05) is 4.90 Å². The second-order valence-corrected chi connectivity index (χ2v) is 5.77. The van der Waals surface area contributed by atoms with Gasteiger partial charge in [0, 0.05) is 25.1 Å². The average molecular weight is 299 g/mol. The summed E-state index contributed by atoms with van der Waals surface area (Å²) in [5.41, 5.74) is 0.150. The van der Waals surface area contributed by atoms with E-state index in [0.717, 1.165) is 38.1 Å². The molecule has 0 bridgehead atoms. The second-order valence-electron chi connectivity index (χ2n) is 5.41. The first-order valence-electron chi connectivity index (χ1n) is 6.85. The molecule has 20 heavy (non-hydrogen) atoms. The van der Waals surface area contributed by atoms with Crippen molar-refractivity contribution >= 4 is 17.5 Å². The van der Waals surface area contributed by atoms with Crippen molar-refractivity contribution in [2.24, 2.45) is 5.92 Å². The van der Waals surface area contributed by atoms with Gasteiger partial charge >= 0.3 is 0 Å². The van der Waals surface area contributed by atoms with Crippen molar-refractivity contribution in [2.75, 3.05) is 19.8 Å². The van der Waals surface area contributed by atoms with Gasteiger partial charge in [-0.25, -0.2) is 9.37 Å². The van der Waals surface area contributed by atoms with E-state index in [0.29, 0.717) is 19.1 Å². The second kappa shape index (κ2) is 5.66. The van der Waals surface area contributed by atoms with Gasteiger partial charge in [-0.2, -0.15) is 0 Å². The molecule has 0 spiro atoms. The Hall–Kier alpha value is -1.20. The summed E-state index contributed by atoms with van der Waals surface area (Å²) in [4.78, 5) is 18.1. The standard InChI is InChI=1S/C14H16ClFN2O2/c15-13-12(5-10(16)6-17-13)14(19)18(11-1-2-11)7-9-3-4-20-8-9/h5-6,9,11H,1-4,7-8H2. The average Bonchev–Trinajstić information content (AvgIpc) is 3.15. The van der Waals surface area contributed by atoms with Crippen LogP contribution in [-0.2, 0) is 4.74 Å². The lowest BCUT2D eigenvalue weighted by atomic mass is 10.1. The van der Waals surface area contributed by atoms with E-state index in [4.69, 9.17) is 16.3 Å². The number of pyridine rings is 1. The smallest absolute Gasteiger partial charge is 0.257 e. The van der Waals surface area contributed by atoms with Crippen LogP contribution in [0.1, 0.15) is 29.6 Å². The first-order valence-corrected chi connectivity index (χ1v) is 7.22. The molecule has 1 saturated heterocycles. The monoisotopic (exact) mass is 298 g/mol. The molecule has 6 heteroatoms. The molecule has 1 aliphatic heterocycles. The van der Waals surface area contributed by atoms with E-state index in [1.54, 1.807) is 0 Å². The minimum atomic E-state index is -0.544. The van der Waals surface area contributed by atoms with Gasteiger partial charge in [-0.15, -0.1) is 0 Å². The van der Waals surface area contributed by atoms with Gasteiger partial charge in [0.25, 0.3) is 5.91 Å². The third kappa shape index (κ3) is 2.94. The Kier molecular flexibility index (Phi) is 3.89. The fourth-order valence-electron chi connectivity index (χ4n) is 2.52. The Balaban J connectivity index is 1.79. The minimum absolute atomic E-state index is 0.0599. The summed E-state index contributed by atoms with van der Waals surface area (Å²) in [7, 11) is 0. The van der Waals surface area contributed by atoms with Crippen LogP contribution in [0.15, 0.2) is 12.3 Å². The number of carbonyl (C=O) groups is 1. The normalized spacial score (nSPS) is 22.0. The molecule has 1 atom stereocenters. The van der Waals surface area contributed by atoms with Crippen molar-refractivity contribution in [1.29, 1.82) is 0 Å². The summed E-state index contributed by atoms with van der Waals surface area (Å²) in [6, 6.07) is 1.42. The van der Waals surface area contributed by atoms with Crippen molar-refractivity contribution < 1.29 is 13.9 Å². The highest BCUT2D eigenvalue weighted by molar-refractivity contribution is 6.32. The highest BCUT2D eigenvalue weighted by Gasteiger charge is 2.36. The van der Waals surface area contributed by atoms with Crippen LogP contribution >= 0.6 is 11.6 Å². The topological polar surface area (TPSA) is 42.4 Å². The Bertz CT molecular complexity index is 516. The highest BCUT2D eigenvalue weighted by atomic mass is 35.5. The van der Waals surface area contributed by atoms with Crippen molar-refractivity contribution in [3.8, 4) is 0 Å². The van der Waals surface area contributed by atoms with Crippen LogP contribution in [0, 0.1) is 11.7 Å². The molecule has 1 amide bonds. The molecule has 0 N–H and O–H groups in total. The number of hydrogen-bond acceptors (Lipinski definition) is 3. The van der Waals surface area contributed by atoms with E-state index < -0.39 is 5.82 Å². The first-order chi connectivity index (χ1) is 9.65. The fourth-order valence-corrected chi connectivity index (χ4v) is 2.70. The largest absolute Gasteiger partial charge is 0.381 e. The van der Waals surface area contributed by atoms with Gasteiger partial charge in [0.15, 0.2) is 0 Å². The number of rotatable bonds is 4.